The molecule has 0 aliphatic heterocycles. The molecule has 0 saturated heterocycles. The van der Waals surface area contributed by atoms with Crippen molar-refractivity contribution in [3.05, 3.63) is 54.0 Å². The predicted molar refractivity (Wildman–Crippen MR) is 87.9 cm³/mol. The van der Waals surface area contributed by atoms with Gasteiger partial charge < -0.3 is 9.72 Å². The van der Waals surface area contributed by atoms with Gasteiger partial charge in [-0.05, 0) is 25.0 Å². The maximum Gasteiger partial charge on any atom is 0.169 e. The minimum atomic E-state index is 0.856. The van der Waals surface area contributed by atoms with E-state index in [1.807, 2.05) is 23.0 Å². The van der Waals surface area contributed by atoms with E-state index in [2.05, 4.69) is 53.4 Å². The molecule has 2 heterocycles. The van der Waals surface area contributed by atoms with Gasteiger partial charge in [-0.25, -0.2) is 9.97 Å². The number of nitrogens with one attached hydrogen (secondary N) is 1. The number of fused-ring (bicyclic) bond motifs is 1. The van der Waals surface area contributed by atoms with Crippen molar-refractivity contribution in [1.82, 2.24) is 14.4 Å². The molecule has 5 heteroatoms. The Kier molecular flexibility index (Phi) is 4.10. The van der Waals surface area contributed by atoms with Gasteiger partial charge in [0.05, 0.1) is 6.20 Å². The molecule has 0 bridgehead atoms. The highest BCUT2D eigenvalue weighted by atomic mass is 32.2. The topological polar surface area (TPSA) is 42.2 Å². The largest absolute Gasteiger partial charge is 0.369 e. The van der Waals surface area contributed by atoms with E-state index in [4.69, 9.17) is 0 Å². The molecule has 21 heavy (non-hydrogen) atoms. The van der Waals surface area contributed by atoms with Gasteiger partial charge in [0.15, 0.2) is 5.65 Å². The van der Waals surface area contributed by atoms with Gasteiger partial charge in [0.1, 0.15) is 10.8 Å². The van der Waals surface area contributed by atoms with E-state index in [1.165, 1.54) is 11.1 Å². The second-order valence-corrected chi connectivity index (χ2v) is 5.80. The molecule has 1 aromatic carbocycles. The smallest absolute Gasteiger partial charge is 0.169 e. The van der Waals surface area contributed by atoms with Crippen molar-refractivity contribution in [2.45, 2.75) is 24.6 Å². The third-order valence-electron chi connectivity index (χ3n) is 3.33. The van der Waals surface area contributed by atoms with Crippen LogP contribution in [0.2, 0.25) is 0 Å². The fraction of sp³-hybridized carbons (Fsp3) is 0.250. The number of anilines is 1. The molecule has 0 unspecified atom stereocenters. The lowest BCUT2D eigenvalue weighted by atomic mass is 10.1. The molecule has 0 fully saturated rings. The molecule has 0 amide bonds. The summed E-state index contributed by atoms with van der Waals surface area (Å²) >= 11 is 1.73. The van der Waals surface area contributed by atoms with Crippen LogP contribution in [0.3, 0.4) is 0 Å². The Labute approximate surface area is 128 Å². The van der Waals surface area contributed by atoms with E-state index in [0.29, 0.717) is 0 Å². The average Bonchev–Trinajstić information content (AvgIpc) is 2.95. The van der Waals surface area contributed by atoms with Crippen molar-refractivity contribution in [2.75, 3.05) is 11.9 Å². The molecule has 3 rings (SSSR count). The Morgan fingerprint density at radius 1 is 1.29 bits per heavy atom. The maximum atomic E-state index is 4.68. The zero-order valence-electron chi connectivity index (χ0n) is 12.2. The molecule has 0 spiro atoms. The first-order chi connectivity index (χ1) is 10.3. The highest BCUT2D eigenvalue weighted by Crippen LogP contribution is 2.27. The molecule has 3 aromatic rings. The van der Waals surface area contributed by atoms with Crippen LogP contribution in [0, 0.1) is 6.92 Å². The van der Waals surface area contributed by atoms with Crippen molar-refractivity contribution in [1.29, 1.82) is 0 Å². The summed E-state index contributed by atoms with van der Waals surface area (Å²) in [5.74, 6) is 1.79. The molecule has 0 saturated carbocycles. The number of imidazole rings is 1. The van der Waals surface area contributed by atoms with Gasteiger partial charge in [0, 0.05) is 24.7 Å². The zero-order chi connectivity index (χ0) is 14.7. The zero-order valence-corrected chi connectivity index (χ0v) is 13.0. The predicted octanol–water partition coefficient (Wildman–Crippen LogP) is 3.76. The van der Waals surface area contributed by atoms with E-state index in [-0.39, 0.29) is 0 Å². The van der Waals surface area contributed by atoms with E-state index in [9.17, 15) is 0 Å². The number of benzene rings is 1. The quantitative estimate of drug-likeness (QED) is 0.728. The van der Waals surface area contributed by atoms with Crippen molar-refractivity contribution >= 4 is 23.2 Å². The summed E-state index contributed by atoms with van der Waals surface area (Å²) in [6.45, 7) is 5.07. The second kappa shape index (κ2) is 6.18. The Bertz CT molecular complexity index is 751. The summed E-state index contributed by atoms with van der Waals surface area (Å²) in [7, 11) is 0. The number of hydrogen-bond donors (Lipinski definition) is 1. The fourth-order valence-corrected chi connectivity index (χ4v) is 3.25. The molecular weight excluding hydrogens is 280 g/mol. The molecule has 108 valence electrons. The first-order valence-electron chi connectivity index (χ1n) is 7.03. The lowest BCUT2D eigenvalue weighted by molar-refractivity contribution is 1.01. The summed E-state index contributed by atoms with van der Waals surface area (Å²) in [5, 5.41) is 4.23. The van der Waals surface area contributed by atoms with Crippen LogP contribution < -0.4 is 5.32 Å². The van der Waals surface area contributed by atoms with Crippen LogP contribution in [0.25, 0.3) is 5.65 Å². The van der Waals surface area contributed by atoms with E-state index in [1.54, 1.807) is 11.8 Å². The fourth-order valence-electron chi connectivity index (χ4n) is 2.18. The van der Waals surface area contributed by atoms with Crippen molar-refractivity contribution in [3.63, 3.8) is 0 Å². The SMILES string of the molecule is CCNc1cn2ccnc2c(SCc2ccccc2C)n1. The number of aryl methyl sites for hydroxylation is 1. The molecular formula is C16H18N4S. The van der Waals surface area contributed by atoms with E-state index >= 15 is 0 Å². The molecule has 0 radical (unpaired) electrons. The van der Waals surface area contributed by atoms with Crippen LogP contribution in [0.15, 0.2) is 47.9 Å². The lowest BCUT2D eigenvalue weighted by Crippen LogP contribution is -2.02. The third-order valence-corrected chi connectivity index (χ3v) is 4.33. The monoisotopic (exact) mass is 298 g/mol. The van der Waals surface area contributed by atoms with Crippen LogP contribution in [0.1, 0.15) is 18.1 Å². The number of rotatable bonds is 5. The Balaban J connectivity index is 1.89. The van der Waals surface area contributed by atoms with Gasteiger partial charge in [0.2, 0.25) is 0 Å². The van der Waals surface area contributed by atoms with Crippen LogP contribution in [0.5, 0.6) is 0 Å². The van der Waals surface area contributed by atoms with Crippen LogP contribution in [-0.4, -0.2) is 20.9 Å². The molecule has 0 aliphatic carbocycles. The average molecular weight is 298 g/mol. The standard InChI is InChI=1S/C16H18N4S/c1-3-17-14-10-20-9-8-18-15(20)16(19-14)21-11-13-7-5-4-6-12(13)2/h4-10,17H,3,11H2,1-2H3. The van der Waals surface area contributed by atoms with Gasteiger partial charge in [-0.2, -0.15) is 0 Å². The maximum absolute atomic E-state index is 4.68. The van der Waals surface area contributed by atoms with Gasteiger partial charge in [-0.15, -0.1) is 0 Å². The number of thioether (sulfide) groups is 1. The van der Waals surface area contributed by atoms with E-state index in [0.717, 1.165) is 28.8 Å². The van der Waals surface area contributed by atoms with E-state index < -0.39 is 0 Å². The summed E-state index contributed by atoms with van der Waals surface area (Å²) < 4.78 is 2.02. The minimum absolute atomic E-state index is 0.856. The number of nitrogens with zero attached hydrogens (tertiary/aromatic N) is 3. The summed E-state index contributed by atoms with van der Waals surface area (Å²) in [6, 6.07) is 8.46. The van der Waals surface area contributed by atoms with Crippen molar-refractivity contribution in [3.8, 4) is 0 Å². The van der Waals surface area contributed by atoms with Crippen LogP contribution in [-0.2, 0) is 5.75 Å². The summed E-state index contributed by atoms with van der Waals surface area (Å²) in [5.41, 5.74) is 3.56. The van der Waals surface area contributed by atoms with Gasteiger partial charge >= 0.3 is 0 Å². The number of aromatic nitrogens is 3. The Hall–Kier alpha value is -2.01. The second-order valence-electron chi connectivity index (χ2n) is 4.83. The normalized spacial score (nSPS) is 11.0. The molecule has 0 aliphatic rings. The van der Waals surface area contributed by atoms with Crippen molar-refractivity contribution < 1.29 is 0 Å². The lowest BCUT2D eigenvalue weighted by Gasteiger charge is -2.09. The Morgan fingerprint density at radius 3 is 2.95 bits per heavy atom. The third kappa shape index (κ3) is 3.03. The molecule has 4 nitrogen and oxygen atoms in total. The highest BCUT2D eigenvalue weighted by molar-refractivity contribution is 7.98. The first kappa shape index (κ1) is 13.9. The van der Waals surface area contributed by atoms with Gasteiger partial charge in [0.25, 0.3) is 0 Å². The summed E-state index contributed by atoms with van der Waals surface area (Å²) in [6.07, 6.45) is 5.74. The minimum Gasteiger partial charge on any atom is -0.369 e. The Morgan fingerprint density at radius 2 is 2.14 bits per heavy atom. The first-order valence-corrected chi connectivity index (χ1v) is 8.01. The number of hydrogen-bond acceptors (Lipinski definition) is 4. The molecule has 0 atom stereocenters. The highest BCUT2D eigenvalue weighted by Gasteiger charge is 2.09. The van der Waals surface area contributed by atoms with Crippen LogP contribution in [0.4, 0.5) is 5.82 Å². The van der Waals surface area contributed by atoms with Crippen molar-refractivity contribution in [2.24, 2.45) is 0 Å². The van der Waals surface area contributed by atoms with Gasteiger partial charge in [-0.3, -0.25) is 0 Å². The molecule has 2 aromatic heterocycles. The molecule has 1 N–H and O–H groups in total. The summed E-state index contributed by atoms with van der Waals surface area (Å²) in [4.78, 5) is 9.08. The van der Waals surface area contributed by atoms with Crippen LogP contribution >= 0.6 is 11.8 Å². The van der Waals surface area contributed by atoms with Gasteiger partial charge in [-0.1, -0.05) is 36.0 Å².